The van der Waals surface area contributed by atoms with Crippen LogP contribution in [0.1, 0.15) is 34.6 Å². The quantitative estimate of drug-likeness (QED) is 0.225. The molecule has 0 aliphatic rings. The molecule has 0 aliphatic heterocycles. The van der Waals surface area contributed by atoms with Gasteiger partial charge < -0.3 is 25.4 Å². The fraction of sp³-hybridized carbons (Fsp3) is 0.579. The van der Waals surface area contributed by atoms with Crippen LogP contribution in [0.2, 0.25) is 0 Å². The molecule has 0 saturated heterocycles. The number of halogens is 1. The molecule has 27 heavy (non-hydrogen) atoms. The minimum Gasteiger partial charge on any atom is -0.491 e. The van der Waals surface area contributed by atoms with Crippen LogP contribution in [0.3, 0.4) is 0 Å². The van der Waals surface area contributed by atoms with Crippen LogP contribution in [-0.2, 0) is 9.53 Å². The number of hydrogen-bond acceptors (Lipinski definition) is 4. The standard InChI is InChI=1S/C19H32N4O3.HI/c1-14(2)26-16-9-7-15(8-10-16)22-18(20-11-12-25-6)21-13-17(24)23-19(3,4)5;/h7-10,14H,11-13H2,1-6H3,(H,23,24)(H2,20,21,22);1H. The molecule has 0 aromatic heterocycles. The molecule has 0 heterocycles. The molecule has 7 nitrogen and oxygen atoms in total. The summed E-state index contributed by atoms with van der Waals surface area (Å²) in [5.74, 6) is 1.19. The summed E-state index contributed by atoms with van der Waals surface area (Å²) in [6, 6.07) is 7.59. The Morgan fingerprint density at radius 3 is 2.33 bits per heavy atom. The molecule has 154 valence electrons. The Morgan fingerprint density at radius 2 is 1.81 bits per heavy atom. The number of nitrogens with one attached hydrogen (secondary N) is 3. The third-order valence-corrected chi connectivity index (χ3v) is 2.98. The van der Waals surface area contributed by atoms with Gasteiger partial charge in [-0.1, -0.05) is 0 Å². The Bertz CT molecular complexity index is 584. The Labute approximate surface area is 179 Å². The maximum atomic E-state index is 12.0. The van der Waals surface area contributed by atoms with Crippen molar-refractivity contribution in [3.05, 3.63) is 24.3 Å². The summed E-state index contributed by atoms with van der Waals surface area (Å²) in [5.41, 5.74) is 0.566. The second-order valence-electron chi connectivity index (χ2n) is 7.20. The molecule has 0 radical (unpaired) electrons. The van der Waals surface area contributed by atoms with Gasteiger partial charge in [0.05, 0.1) is 12.7 Å². The minimum atomic E-state index is -0.282. The number of rotatable bonds is 8. The van der Waals surface area contributed by atoms with E-state index in [-0.39, 0.29) is 48.1 Å². The van der Waals surface area contributed by atoms with E-state index in [0.29, 0.717) is 19.1 Å². The van der Waals surface area contributed by atoms with Crippen molar-refractivity contribution in [1.82, 2.24) is 10.6 Å². The van der Waals surface area contributed by atoms with Crippen molar-refractivity contribution in [3.63, 3.8) is 0 Å². The first-order valence-corrected chi connectivity index (χ1v) is 8.81. The van der Waals surface area contributed by atoms with Crippen molar-refractivity contribution in [2.24, 2.45) is 4.99 Å². The van der Waals surface area contributed by atoms with Crippen molar-refractivity contribution in [3.8, 4) is 5.75 Å². The summed E-state index contributed by atoms with van der Waals surface area (Å²) in [6.45, 7) is 10.9. The zero-order chi connectivity index (χ0) is 19.6. The number of hydrogen-bond donors (Lipinski definition) is 3. The van der Waals surface area contributed by atoms with Gasteiger partial charge in [0, 0.05) is 24.9 Å². The van der Waals surface area contributed by atoms with Gasteiger partial charge in [-0.3, -0.25) is 4.79 Å². The topological polar surface area (TPSA) is 84.0 Å². The van der Waals surface area contributed by atoms with Gasteiger partial charge >= 0.3 is 0 Å². The van der Waals surface area contributed by atoms with Crippen LogP contribution in [0.15, 0.2) is 29.3 Å². The van der Waals surface area contributed by atoms with E-state index >= 15 is 0 Å². The van der Waals surface area contributed by atoms with Crippen molar-refractivity contribution in [2.45, 2.75) is 46.3 Å². The third-order valence-electron chi connectivity index (χ3n) is 2.98. The highest BCUT2D eigenvalue weighted by molar-refractivity contribution is 14.0. The second kappa shape index (κ2) is 12.8. The molecular formula is C19H33IN4O3. The normalized spacial score (nSPS) is 11.6. The van der Waals surface area contributed by atoms with Crippen molar-refractivity contribution in [1.29, 1.82) is 0 Å². The second-order valence-corrected chi connectivity index (χ2v) is 7.20. The molecule has 0 spiro atoms. The Balaban J connectivity index is 0.00000676. The highest BCUT2D eigenvalue weighted by atomic mass is 127. The minimum absolute atomic E-state index is 0. The molecule has 0 fully saturated rings. The van der Waals surface area contributed by atoms with Gasteiger partial charge in [-0.05, 0) is 58.9 Å². The molecule has 0 saturated carbocycles. The first kappa shape index (κ1) is 25.4. The number of ether oxygens (including phenoxy) is 2. The summed E-state index contributed by atoms with van der Waals surface area (Å²) in [5, 5.41) is 9.21. The van der Waals surface area contributed by atoms with E-state index in [1.165, 1.54) is 0 Å². The zero-order valence-corrected chi connectivity index (χ0v) is 19.4. The van der Waals surface area contributed by atoms with Gasteiger partial charge in [0.2, 0.25) is 5.91 Å². The van der Waals surface area contributed by atoms with Crippen LogP contribution < -0.4 is 20.7 Å². The van der Waals surface area contributed by atoms with Crippen LogP contribution in [0.25, 0.3) is 0 Å². The summed E-state index contributed by atoms with van der Waals surface area (Å²) in [4.78, 5) is 16.3. The molecular weight excluding hydrogens is 459 g/mol. The van der Waals surface area contributed by atoms with Gasteiger partial charge in [0.1, 0.15) is 12.3 Å². The van der Waals surface area contributed by atoms with Crippen LogP contribution in [0, 0.1) is 0 Å². The van der Waals surface area contributed by atoms with Gasteiger partial charge in [-0.15, -0.1) is 24.0 Å². The summed E-state index contributed by atoms with van der Waals surface area (Å²) >= 11 is 0. The molecule has 3 N–H and O–H groups in total. The highest BCUT2D eigenvalue weighted by Crippen LogP contribution is 2.16. The highest BCUT2D eigenvalue weighted by Gasteiger charge is 2.13. The summed E-state index contributed by atoms with van der Waals surface area (Å²) in [7, 11) is 1.64. The number of carbonyl (C=O) groups is 1. The van der Waals surface area contributed by atoms with Gasteiger partial charge in [-0.2, -0.15) is 0 Å². The Morgan fingerprint density at radius 1 is 1.19 bits per heavy atom. The van der Waals surface area contributed by atoms with Crippen molar-refractivity contribution >= 4 is 41.5 Å². The van der Waals surface area contributed by atoms with E-state index in [9.17, 15) is 4.79 Å². The predicted octanol–water partition coefficient (Wildman–Crippen LogP) is 3.01. The predicted molar refractivity (Wildman–Crippen MR) is 121 cm³/mol. The summed E-state index contributed by atoms with van der Waals surface area (Å²) in [6.07, 6.45) is 0.128. The van der Waals surface area contributed by atoms with E-state index in [4.69, 9.17) is 9.47 Å². The van der Waals surface area contributed by atoms with E-state index in [0.717, 1.165) is 11.4 Å². The lowest BCUT2D eigenvalue weighted by molar-refractivity contribution is -0.121. The smallest absolute Gasteiger partial charge is 0.242 e. The number of methoxy groups -OCH3 is 1. The van der Waals surface area contributed by atoms with Crippen LogP contribution in [0.4, 0.5) is 5.69 Å². The first-order valence-electron chi connectivity index (χ1n) is 8.81. The lowest BCUT2D eigenvalue weighted by Gasteiger charge is -2.20. The van der Waals surface area contributed by atoms with Crippen LogP contribution >= 0.6 is 24.0 Å². The lowest BCUT2D eigenvalue weighted by Crippen LogP contribution is -2.42. The monoisotopic (exact) mass is 492 g/mol. The average Bonchev–Trinajstić information content (AvgIpc) is 2.52. The number of guanidine groups is 1. The molecule has 1 aromatic carbocycles. The fourth-order valence-corrected chi connectivity index (χ4v) is 2.05. The SMILES string of the molecule is COCCNC(=NCC(=O)NC(C)(C)C)Nc1ccc(OC(C)C)cc1.I. The van der Waals surface area contributed by atoms with Gasteiger partial charge in [0.25, 0.3) is 0 Å². The van der Waals surface area contributed by atoms with E-state index in [2.05, 4.69) is 20.9 Å². The van der Waals surface area contributed by atoms with Crippen molar-refractivity contribution in [2.75, 3.05) is 32.1 Å². The number of nitrogens with zero attached hydrogens (tertiary/aromatic N) is 1. The number of aliphatic imine (C=N–C) groups is 1. The van der Waals surface area contributed by atoms with Crippen molar-refractivity contribution < 1.29 is 14.3 Å². The molecule has 0 atom stereocenters. The summed E-state index contributed by atoms with van der Waals surface area (Å²) < 4.78 is 10.7. The van der Waals surface area contributed by atoms with Gasteiger partial charge in [0.15, 0.2) is 5.96 Å². The Hall–Kier alpha value is -1.55. The maximum absolute atomic E-state index is 12.0. The molecule has 1 amide bonds. The molecule has 0 aliphatic carbocycles. The first-order chi connectivity index (χ1) is 12.2. The molecule has 1 rings (SSSR count). The number of anilines is 1. The van der Waals surface area contributed by atoms with E-state index < -0.39 is 0 Å². The number of carbonyl (C=O) groups excluding carboxylic acids is 1. The van der Waals surface area contributed by atoms with Crippen LogP contribution in [-0.4, -0.2) is 50.3 Å². The molecule has 8 heteroatoms. The van der Waals surface area contributed by atoms with E-state index in [1.54, 1.807) is 7.11 Å². The van der Waals surface area contributed by atoms with Gasteiger partial charge in [-0.25, -0.2) is 4.99 Å². The maximum Gasteiger partial charge on any atom is 0.242 e. The number of amides is 1. The lowest BCUT2D eigenvalue weighted by atomic mass is 10.1. The third kappa shape index (κ3) is 12.5. The van der Waals surface area contributed by atoms with Crippen LogP contribution in [0.5, 0.6) is 5.75 Å². The number of benzene rings is 1. The molecule has 0 bridgehead atoms. The molecule has 1 aromatic rings. The average molecular weight is 492 g/mol. The van der Waals surface area contributed by atoms with E-state index in [1.807, 2.05) is 58.9 Å². The Kier molecular flexibility index (Phi) is 12.0. The fourth-order valence-electron chi connectivity index (χ4n) is 2.05. The largest absolute Gasteiger partial charge is 0.491 e. The zero-order valence-electron chi connectivity index (χ0n) is 17.1. The molecule has 0 unspecified atom stereocenters.